The maximum Gasteiger partial charge on any atom is 0.0235 e. The third-order valence-corrected chi connectivity index (χ3v) is 5.40. The molecule has 2 aliphatic rings. The smallest absolute Gasteiger partial charge is 0.0235 e. The minimum Gasteiger partial charge on any atom is -0.315 e. The van der Waals surface area contributed by atoms with Gasteiger partial charge in [-0.3, -0.25) is 4.90 Å². The Labute approximate surface area is 120 Å². The van der Waals surface area contributed by atoms with Gasteiger partial charge in [-0.25, -0.2) is 0 Å². The Morgan fingerprint density at radius 1 is 1.21 bits per heavy atom. The summed E-state index contributed by atoms with van der Waals surface area (Å²) in [6.45, 7) is 13.4. The second kappa shape index (κ2) is 7.08. The van der Waals surface area contributed by atoms with Gasteiger partial charge < -0.3 is 5.32 Å². The van der Waals surface area contributed by atoms with Gasteiger partial charge in [-0.1, -0.05) is 34.1 Å². The van der Waals surface area contributed by atoms with Crippen molar-refractivity contribution in [2.75, 3.05) is 19.6 Å². The van der Waals surface area contributed by atoms with Crippen molar-refractivity contribution in [3.8, 4) is 0 Å². The molecule has 1 heterocycles. The van der Waals surface area contributed by atoms with Gasteiger partial charge in [0, 0.05) is 18.6 Å². The van der Waals surface area contributed by atoms with Crippen LogP contribution in [-0.2, 0) is 0 Å². The fourth-order valence-electron chi connectivity index (χ4n) is 4.33. The van der Waals surface area contributed by atoms with Gasteiger partial charge in [-0.15, -0.1) is 0 Å². The van der Waals surface area contributed by atoms with Crippen molar-refractivity contribution in [2.45, 2.75) is 71.9 Å². The Morgan fingerprint density at radius 2 is 2.00 bits per heavy atom. The van der Waals surface area contributed by atoms with Crippen LogP contribution in [0.25, 0.3) is 0 Å². The van der Waals surface area contributed by atoms with E-state index in [1.54, 1.807) is 0 Å². The molecular weight excluding hydrogens is 232 g/mol. The second-order valence-electron chi connectivity index (χ2n) is 7.28. The summed E-state index contributed by atoms with van der Waals surface area (Å²) < 4.78 is 0. The first-order chi connectivity index (χ1) is 9.13. The zero-order valence-corrected chi connectivity index (χ0v) is 13.5. The van der Waals surface area contributed by atoms with Crippen LogP contribution in [0.4, 0.5) is 0 Å². The topological polar surface area (TPSA) is 15.3 Å². The zero-order valence-electron chi connectivity index (χ0n) is 13.5. The van der Waals surface area contributed by atoms with Gasteiger partial charge in [0.05, 0.1) is 0 Å². The number of nitrogens with zero attached hydrogens (tertiary/aromatic N) is 1. The molecule has 4 atom stereocenters. The van der Waals surface area contributed by atoms with Crippen LogP contribution in [-0.4, -0.2) is 36.6 Å². The maximum atomic E-state index is 3.56. The molecular formula is C17H34N2. The van der Waals surface area contributed by atoms with E-state index in [0.29, 0.717) is 0 Å². The molecule has 1 N–H and O–H groups in total. The van der Waals surface area contributed by atoms with Crippen LogP contribution < -0.4 is 5.32 Å². The summed E-state index contributed by atoms with van der Waals surface area (Å²) >= 11 is 0. The van der Waals surface area contributed by atoms with Gasteiger partial charge in [0.2, 0.25) is 0 Å². The lowest BCUT2D eigenvalue weighted by Crippen LogP contribution is -2.51. The quantitative estimate of drug-likeness (QED) is 0.819. The first-order valence-electron chi connectivity index (χ1n) is 8.60. The highest BCUT2D eigenvalue weighted by atomic mass is 15.2. The molecule has 4 unspecified atom stereocenters. The van der Waals surface area contributed by atoms with E-state index in [9.17, 15) is 0 Å². The van der Waals surface area contributed by atoms with E-state index in [4.69, 9.17) is 0 Å². The Morgan fingerprint density at radius 3 is 2.58 bits per heavy atom. The van der Waals surface area contributed by atoms with Gasteiger partial charge in [0.1, 0.15) is 0 Å². The standard InChI is InChI=1S/C17H34N2/c1-5-10-19(15-8-9-18-12-15)17-11-14(4)6-7-16(17)13(2)3/h13-18H,5-12H2,1-4H3. The maximum absolute atomic E-state index is 3.56. The summed E-state index contributed by atoms with van der Waals surface area (Å²) in [4.78, 5) is 2.89. The number of rotatable bonds is 5. The highest BCUT2D eigenvalue weighted by Crippen LogP contribution is 2.37. The van der Waals surface area contributed by atoms with Crippen LogP contribution in [0, 0.1) is 17.8 Å². The van der Waals surface area contributed by atoms with Gasteiger partial charge in [-0.05, 0) is 56.5 Å². The van der Waals surface area contributed by atoms with Gasteiger partial charge >= 0.3 is 0 Å². The molecule has 0 amide bonds. The average molecular weight is 266 g/mol. The SMILES string of the molecule is CCCN(C1CCNC1)C1CC(C)CCC1C(C)C. The minimum absolute atomic E-state index is 0.802. The summed E-state index contributed by atoms with van der Waals surface area (Å²) in [6.07, 6.45) is 6.98. The average Bonchev–Trinajstić information content (AvgIpc) is 2.89. The lowest BCUT2D eigenvalue weighted by Gasteiger charge is -2.46. The molecule has 0 spiro atoms. The van der Waals surface area contributed by atoms with Crippen LogP contribution in [0.5, 0.6) is 0 Å². The summed E-state index contributed by atoms with van der Waals surface area (Å²) in [6, 6.07) is 1.64. The first-order valence-corrected chi connectivity index (χ1v) is 8.60. The Balaban J connectivity index is 2.10. The molecule has 1 saturated carbocycles. The van der Waals surface area contributed by atoms with Crippen LogP contribution >= 0.6 is 0 Å². The fourth-order valence-corrected chi connectivity index (χ4v) is 4.33. The fraction of sp³-hybridized carbons (Fsp3) is 1.00. The molecule has 19 heavy (non-hydrogen) atoms. The van der Waals surface area contributed by atoms with Gasteiger partial charge in [0.15, 0.2) is 0 Å². The largest absolute Gasteiger partial charge is 0.315 e. The second-order valence-corrected chi connectivity index (χ2v) is 7.28. The van der Waals surface area contributed by atoms with Gasteiger partial charge in [-0.2, -0.15) is 0 Å². The van der Waals surface area contributed by atoms with Crippen molar-refractivity contribution < 1.29 is 0 Å². The molecule has 0 bridgehead atoms. The van der Waals surface area contributed by atoms with Crippen molar-refractivity contribution in [1.29, 1.82) is 0 Å². The molecule has 0 aromatic carbocycles. The summed E-state index contributed by atoms with van der Waals surface area (Å²) in [7, 11) is 0. The molecule has 2 rings (SSSR count). The third-order valence-electron chi connectivity index (χ3n) is 5.40. The highest BCUT2D eigenvalue weighted by Gasteiger charge is 2.37. The van der Waals surface area contributed by atoms with E-state index in [0.717, 1.165) is 29.8 Å². The third kappa shape index (κ3) is 3.72. The molecule has 1 aliphatic carbocycles. The molecule has 2 nitrogen and oxygen atoms in total. The van der Waals surface area contributed by atoms with Crippen molar-refractivity contribution >= 4 is 0 Å². The summed E-state index contributed by atoms with van der Waals surface area (Å²) in [5, 5.41) is 3.56. The normalized spacial score (nSPS) is 36.3. The molecule has 1 saturated heterocycles. The van der Waals surface area contributed by atoms with E-state index < -0.39 is 0 Å². The summed E-state index contributed by atoms with van der Waals surface area (Å²) in [5.41, 5.74) is 0. The predicted octanol–water partition coefficient (Wildman–Crippen LogP) is 3.52. The van der Waals surface area contributed by atoms with Crippen LogP contribution in [0.1, 0.15) is 59.8 Å². The lowest BCUT2D eigenvalue weighted by atomic mass is 9.73. The lowest BCUT2D eigenvalue weighted by molar-refractivity contribution is 0.0336. The van der Waals surface area contributed by atoms with E-state index in [1.165, 1.54) is 51.7 Å². The zero-order chi connectivity index (χ0) is 13.8. The van der Waals surface area contributed by atoms with Crippen molar-refractivity contribution in [3.05, 3.63) is 0 Å². The monoisotopic (exact) mass is 266 g/mol. The van der Waals surface area contributed by atoms with Crippen LogP contribution in [0.15, 0.2) is 0 Å². The van der Waals surface area contributed by atoms with Crippen molar-refractivity contribution in [1.82, 2.24) is 10.2 Å². The summed E-state index contributed by atoms with van der Waals surface area (Å²) in [5.74, 6) is 2.68. The van der Waals surface area contributed by atoms with E-state index in [2.05, 4.69) is 37.9 Å². The number of hydrogen-bond donors (Lipinski definition) is 1. The Kier molecular flexibility index (Phi) is 5.70. The van der Waals surface area contributed by atoms with Crippen molar-refractivity contribution in [3.63, 3.8) is 0 Å². The first kappa shape index (κ1) is 15.3. The Bertz CT molecular complexity index is 258. The predicted molar refractivity (Wildman–Crippen MR) is 83.4 cm³/mol. The Hall–Kier alpha value is -0.0800. The molecule has 0 aromatic rings. The van der Waals surface area contributed by atoms with Crippen LogP contribution in [0.3, 0.4) is 0 Å². The van der Waals surface area contributed by atoms with Crippen molar-refractivity contribution in [2.24, 2.45) is 17.8 Å². The molecule has 112 valence electrons. The van der Waals surface area contributed by atoms with Gasteiger partial charge in [0.25, 0.3) is 0 Å². The molecule has 0 aromatic heterocycles. The van der Waals surface area contributed by atoms with E-state index >= 15 is 0 Å². The van der Waals surface area contributed by atoms with E-state index in [1.807, 2.05) is 0 Å². The number of nitrogens with one attached hydrogen (secondary N) is 1. The van der Waals surface area contributed by atoms with E-state index in [-0.39, 0.29) is 0 Å². The van der Waals surface area contributed by atoms with Crippen LogP contribution in [0.2, 0.25) is 0 Å². The number of hydrogen-bond acceptors (Lipinski definition) is 2. The minimum atomic E-state index is 0.802. The molecule has 1 aliphatic heterocycles. The molecule has 0 radical (unpaired) electrons. The highest BCUT2D eigenvalue weighted by molar-refractivity contribution is 4.92. The molecule has 2 heteroatoms. The molecule has 2 fully saturated rings.